The third-order valence-electron chi connectivity index (χ3n) is 4.02. The van der Waals surface area contributed by atoms with E-state index in [1.54, 1.807) is 0 Å². The number of nitrogens with one attached hydrogen (secondary N) is 1. The molecular weight excluding hydrogens is 417 g/mol. The fraction of sp³-hybridized carbons (Fsp3) is 0.211. The molecule has 0 radical (unpaired) electrons. The summed E-state index contributed by atoms with van der Waals surface area (Å²) in [5.41, 5.74) is 2.03. The minimum atomic E-state index is -0.569. The highest BCUT2D eigenvalue weighted by molar-refractivity contribution is 7.99. The molecule has 3 rings (SSSR count). The molecule has 0 aliphatic rings. The summed E-state index contributed by atoms with van der Waals surface area (Å²) < 4.78 is 20.8. The number of aryl methyl sites for hydroxylation is 2. The number of nitrogens with two attached hydrogens (primary N) is 1. The molecular formula is C19H19ClFN5O2S. The van der Waals surface area contributed by atoms with Gasteiger partial charge in [-0.15, -0.1) is 10.2 Å². The molecule has 152 valence electrons. The van der Waals surface area contributed by atoms with E-state index in [0.717, 1.165) is 28.6 Å². The van der Waals surface area contributed by atoms with Gasteiger partial charge >= 0.3 is 0 Å². The number of nitrogen functional groups attached to an aromatic ring is 1. The number of rotatable bonds is 7. The predicted octanol–water partition coefficient (Wildman–Crippen LogP) is 3.71. The second-order valence-corrected chi connectivity index (χ2v) is 7.62. The molecule has 0 spiro atoms. The molecule has 0 bridgehead atoms. The number of carbonyl (C=O) groups is 1. The molecule has 0 saturated heterocycles. The Morgan fingerprint density at radius 2 is 2.00 bits per heavy atom. The van der Waals surface area contributed by atoms with Gasteiger partial charge < -0.3 is 15.9 Å². The van der Waals surface area contributed by atoms with Crippen LogP contribution in [0.25, 0.3) is 0 Å². The molecule has 2 aromatic carbocycles. The van der Waals surface area contributed by atoms with Crippen molar-refractivity contribution in [2.75, 3.05) is 16.9 Å². The summed E-state index contributed by atoms with van der Waals surface area (Å²) in [4.78, 5) is 12.1. The third-order valence-corrected chi connectivity index (χ3v) is 5.20. The summed E-state index contributed by atoms with van der Waals surface area (Å²) >= 11 is 6.89. The van der Waals surface area contributed by atoms with Crippen LogP contribution in [0.5, 0.6) is 5.75 Å². The summed E-state index contributed by atoms with van der Waals surface area (Å²) in [5, 5.41) is 11.1. The van der Waals surface area contributed by atoms with E-state index in [1.807, 2.05) is 32.0 Å². The number of aromatic nitrogens is 3. The fourth-order valence-electron chi connectivity index (χ4n) is 2.58. The number of hydrogen-bond acceptors (Lipinski definition) is 6. The Hall–Kier alpha value is -2.78. The lowest BCUT2D eigenvalue weighted by atomic mass is 10.1. The number of halogens is 2. The number of para-hydroxylation sites is 1. The maximum absolute atomic E-state index is 13.7. The van der Waals surface area contributed by atoms with Crippen molar-refractivity contribution < 1.29 is 13.9 Å². The Morgan fingerprint density at radius 3 is 2.72 bits per heavy atom. The SMILES string of the molecule is Cc1cccc(C)c1OCc1nnc(SCC(=O)Nc2cc(Cl)ccc2F)n1N. The zero-order valence-corrected chi connectivity index (χ0v) is 17.4. The maximum atomic E-state index is 13.7. The first-order valence-electron chi connectivity index (χ1n) is 8.61. The number of anilines is 1. The normalized spacial score (nSPS) is 10.8. The summed E-state index contributed by atoms with van der Waals surface area (Å²) in [6.45, 7) is 4.05. The molecule has 0 unspecified atom stereocenters. The predicted molar refractivity (Wildman–Crippen MR) is 111 cm³/mol. The van der Waals surface area contributed by atoms with Gasteiger partial charge in [0.1, 0.15) is 18.2 Å². The first kappa shape index (κ1) is 20.9. The first-order valence-corrected chi connectivity index (χ1v) is 9.97. The van der Waals surface area contributed by atoms with Gasteiger partial charge in [0, 0.05) is 5.02 Å². The first-order chi connectivity index (χ1) is 13.8. The molecule has 7 nitrogen and oxygen atoms in total. The molecule has 0 aliphatic carbocycles. The molecule has 0 saturated carbocycles. The second-order valence-electron chi connectivity index (χ2n) is 6.24. The molecule has 3 aromatic rings. The van der Waals surface area contributed by atoms with Crippen molar-refractivity contribution >= 4 is 35.0 Å². The Balaban J connectivity index is 1.58. The minimum absolute atomic E-state index is 0.0139. The Kier molecular flexibility index (Phi) is 6.60. The van der Waals surface area contributed by atoms with E-state index in [9.17, 15) is 9.18 Å². The van der Waals surface area contributed by atoms with Crippen LogP contribution in [0.15, 0.2) is 41.6 Å². The molecule has 29 heavy (non-hydrogen) atoms. The van der Waals surface area contributed by atoms with Crippen molar-refractivity contribution in [3.05, 3.63) is 64.2 Å². The average molecular weight is 436 g/mol. The van der Waals surface area contributed by atoms with Gasteiger partial charge in [0.2, 0.25) is 11.1 Å². The average Bonchev–Trinajstić information content (AvgIpc) is 3.02. The van der Waals surface area contributed by atoms with E-state index in [1.165, 1.54) is 22.9 Å². The summed E-state index contributed by atoms with van der Waals surface area (Å²) in [7, 11) is 0. The lowest BCUT2D eigenvalue weighted by molar-refractivity contribution is -0.113. The van der Waals surface area contributed by atoms with Crippen LogP contribution in [0.2, 0.25) is 5.02 Å². The van der Waals surface area contributed by atoms with Gasteiger partial charge in [-0.05, 0) is 43.2 Å². The second kappa shape index (κ2) is 9.15. The topological polar surface area (TPSA) is 95.1 Å². The van der Waals surface area contributed by atoms with Crippen LogP contribution < -0.4 is 15.9 Å². The van der Waals surface area contributed by atoms with Crippen molar-refractivity contribution in [1.82, 2.24) is 14.9 Å². The van der Waals surface area contributed by atoms with E-state index in [4.69, 9.17) is 22.2 Å². The lowest BCUT2D eigenvalue weighted by Gasteiger charge is -2.11. The van der Waals surface area contributed by atoms with Crippen molar-refractivity contribution in [3.63, 3.8) is 0 Å². The quantitative estimate of drug-likeness (QED) is 0.434. The molecule has 1 amide bonds. The molecule has 1 heterocycles. The molecule has 10 heteroatoms. The minimum Gasteiger partial charge on any atom is -0.485 e. The van der Waals surface area contributed by atoms with Gasteiger partial charge in [-0.3, -0.25) is 4.79 Å². The fourth-order valence-corrected chi connectivity index (χ4v) is 3.42. The van der Waals surface area contributed by atoms with E-state index >= 15 is 0 Å². The zero-order chi connectivity index (χ0) is 21.0. The van der Waals surface area contributed by atoms with Gasteiger partial charge in [-0.2, -0.15) is 0 Å². The maximum Gasteiger partial charge on any atom is 0.234 e. The lowest BCUT2D eigenvalue weighted by Crippen LogP contribution is -2.18. The monoisotopic (exact) mass is 435 g/mol. The highest BCUT2D eigenvalue weighted by Crippen LogP contribution is 2.24. The van der Waals surface area contributed by atoms with E-state index in [2.05, 4.69) is 15.5 Å². The van der Waals surface area contributed by atoms with Crippen molar-refractivity contribution in [2.45, 2.75) is 25.6 Å². The highest BCUT2D eigenvalue weighted by atomic mass is 35.5. The summed E-state index contributed by atoms with van der Waals surface area (Å²) in [5.74, 6) is 6.17. The molecule has 1 aromatic heterocycles. The number of nitrogens with zero attached hydrogens (tertiary/aromatic N) is 3. The van der Waals surface area contributed by atoms with Crippen LogP contribution in [-0.2, 0) is 11.4 Å². The molecule has 0 aliphatic heterocycles. The van der Waals surface area contributed by atoms with Crippen LogP contribution in [0.4, 0.5) is 10.1 Å². The van der Waals surface area contributed by atoms with Gasteiger partial charge in [-0.25, -0.2) is 9.07 Å². The van der Waals surface area contributed by atoms with Gasteiger partial charge in [-0.1, -0.05) is 41.6 Å². The Labute approximate surface area is 176 Å². The Bertz CT molecular complexity index is 1020. The largest absolute Gasteiger partial charge is 0.485 e. The standard InChI is InChI=1S/C19H19ClFN5O2S/c1-11-4-3-5-12(2)18(11)28-9-16-24-25-19(26(16)22)29-10-17(27)23-15-8-13(20)6-7-14(15)21/h3-8H,9-10,22H2,1-2H3,(H,23,27). The van der Waals surface area contributed by atoms with E-state index in [-0.39, 0.29) is 18.0 Å². The summed E-state index contributed by atoms with van der Waals surface area (Å²) in [6.07, 6.45) is 0. The Morgan fingerprint density at radius 1 is 1.28 bits per heavy atom. The van der Waals surface area contributed by atoms with Crippen molar-refractivity contribution in [2.24, 2.45) is 0 Å². The number of hydrogen-bond donors (Lipinski definition) is 2. The zero-order valence-electron chi connectivity index (χ0n) is 15.8. The third kappa shape index (κ3) is 5.18. The van der Waals surface area contributed by atoms with E-state index < -0.39 is 11.7 Å². The highest BCUT2D eigenvalue weighted by Gasteiger charge is 2.15. The summed E-state index contributed by atoms with van der Waals surface area (Å²) in [6, 6.07) is 9.80. The molecule has 0 fully saturated rings. The van der Waals surface area contributed by atoms with Crippen LogP contribution in [-0.4, -0.2) is 26.5 Å². The number of benzene rings is 2. The molecule has 0 atom stereocenters. The van der Waals surface area contributed by atoms with E-state index in [0.29, 0.717) is 16.0 Å². The van der Waals surface area contributed by atoms with Crippen molar-refractivity contribution in [3.8, 4) is 5.75 Å². The number of thioether (sulfide) groups is 1. The number of carbonyl (C=O) groups excluding carboxylic acids is 1. The van der Waals surface area contributed by atoms with Crippen LogP contribution >= 0.6 is 23.4 Å². The molecule has 3 N–H and O–H groups in total. The number of ether oxygens (including phenoxy) is 1. The number of amides is 1. The van der Waals surface area contributed by atoms with Gasteiger partial charge in [0.25, 0.3) is 0 Å². The van der Waals surface area contributed by atoms with Crippen LogP contribution in [0, 0.1) is 19.7 Å². The smallest absolute Gasteiger partial charge is 0.234 e. The van der Waals surface area contributed by atoms with Gasteiger partial charge in [0.05, 0.1) is 11.4 Å². The van der Waals surface area contributed by atoms with Crippen LogP contribution in [0.1, 0.15) is 17.0 Å². The van der Waals surface area contributed by atoms with Crippen LogP contribution in [0.3, 0.4) is 0 Å². The van der Waals surface area contributed by atoms with Gasteiger partial charge in [0.15, 0.2) is 5.82 Å². The van der Waals surface area contributed by atoms with Crippen molar-refractivity contribution in [1.29, 1.82) is 0 Å².